The van der Waals surface area contributed by atoms with Crippen LogP contribution in [-0.4, -0.2) is 34.2 Å². The summed E-state index contributed by atoms with van der Waals surface area (Å²) < 4.78 is 10.9. The van der Waals surface area contributed by atoms with Gasteiger partial charge in [-0.15, -0.1) is 0 Å². The molecule has 4 N–H and O–H groups in total. The van der Waals surface area contributed by atoms with Crippen molar-refractivity contribution in [2.24, 2.45) is 0 Å². The summed E-state index contributed by atoms with van der Waals surface area (Å²) in [6.45, 7) is 3.94. The summed E-state index contributed by atoms with van der Waals surface area (Å²) in [5, 5.41) is 6.12. The number of hydrogen-bond acceptors (Lipinski definition) is 5. The molecule has 0 aliphatic heterocycles. The molecule has 0 saturated heterocycles. The number of pyridine rings is 2. The third-order valence-electron chi connectivity index (χ3n) is 4.00. The van der Waals surface area contributed by atoms with Crippen LogP contribution in [0.2, 0.25) is 5.02 Å². The van der Waals surface area contributed by atoms with Crippen LogP contribution >= 0.6 is 19.4 Å². The number of anilines is 2. The summed E-state index contributed by atoms with van der Waals surface area (Å²) in [5.74, 6) is 1.76. The summed E-state index contributed by atoms with van der Waals surface area (Å²) in [5.41, 5.74) is 2.78. The molecule has 0 aliphatic carbocycles. The standard InChI is InChI=1S/C19H16ClN5.H3O4P/c1-12-11-25(13(2)23-12)19-6-4-16(9-22-19)24-18-10-21-8-14-7-15(20)3-5-17(14)18;1-5(2,3)4/h3-11,24H,1-2H3;(H3,1,2,3,4). The Labute approximate surface area is 177 Å². The Kier molecular flexibility index (Phi) is 6.50. The molecule has 0 radical (unpaired) electrons. The van der Waals surface area contributed by atoms with Crippen LogP contribution in [0.15, 0.2) is 55.1 Å². The molecule has 9 nitrogen and oxygen atoms in total. The fraction of sp³-hybridized carbons (Fsp3) is 0.105. The van der Waals surface area contributed by atoms with Crippen LogP contribution in [0.3, 0.4) is 0 Å². The van der Waals surface area contributed by atoms with Crippen molar-refractivity contribution in [2.75, 3.05) is 5.32 Å². The molecule has 156 valence electrons. The summed E-state index contributed by atoms with van der Waals surface area (Å²) in [7, 11) is -4.64. The van der Waals surface area contributed by atoms with Crippen molar-refractivity contribution in [1.29, 1.82) is 0 Å². The van der Waals surface area contributed by atoms with Crippen molar-refractivity contribution >= 4 is 41.6 Å². The van der Waals surface area contributed by atoms with Gasteiger partial charge in [0.1, 0.15) is 11.6 Å². The van der Waals surface area contributed by atoms with Crippen molar-refractivity contribution in [2.45, 2.75) is 13.8 Å². The fourth-order valence-electron chi connectivity index (χ4n) is 2.86. The maximum Gasteiger partial charge on any atom is 0.466 e. The number of nitrogens with one attached hydrogen (secondary N) is 1. The first-order valence-corrected chi connectivity index (χ1v) is 10.6. The normalized spacial score (nSPS) is 11.1. The molecule has 0 amide bonds. The SMILES string of the molecule is Cc1cn(-c2ccc(Nc3cncc4cc(Cl)ccc34)cn2)c(C)n1.O=P(O)(O)O. The predicted molar refractivity (Wildman–Crippen MR) is 115 cm³/mol. The first kappa shape index (κ1) is 21.9. The molecule has 11 heteroatoms. The highest BCUT2D eigenvalue weighted by atomic mass is 35.5. The van der Waals surface area contributed by atoms with Crippen LogP contribution in [0.25, 0.3) is 16.6 Å². The highest BCUT2D eigenvalue weighted by Gasteiger charge is 2.06. The van der Waals surface area contributed by atoms with Crippen molar-refractivity contribution in [1.82, 2.24) is 19.5 Å². The van der Waals surface area contributed by atoms with Gasteiger partial charge in [0.25, 0.3) is 0 Å². The number of fused-ring (bicyclic) bond motifs is 1. The maximum absolute atomic E-state index is 8.88. The van der Waals surface area contributed by atoms with Gasteiger partial charge in [-0.1, -0.05) is 17.7 Å². The molecule has 1 aromatic carbocycles. The third-order valence-corrected chi connectivity index (χ3v) is 4.23. The molecule has 3 heterocycles. The van der Waals surface area contributed by atoms with E-state index in [1.165, 1.54) is 0 Å². The summed E-state index contributed by atoms with van der Waals surface area (Å²) in [4.78, 5) is 34.8. The highest BCUT2D eigenvalue weighted by molar-refractivity contribution is 7.45. The number of benzene rings is 1. The van der Waals surface area contributed by atoms with Gasteiger partial charge in [0, 0.05) is 28.2 Å². The molecule has 4 aromatic rings. The average molecular weight is 448 g/mol. The molecule has 3 aromatic heterocycles. The fourth-order valence-corrected chi connectivity index (χ4v) is 3.04. The Bertz CT molecular complexity index is 1220. The molecule has 0 aliphatic rings. The predicted octanol–water partition coefficient (Wildman–Crippen LogP) is 3.90. The van der Waals surface area contributed by atoms with Gasteiger partial charge >= 0.3 is 7.82 Å². The average Bonchev–Trinajstić information content (AvgIpc) is 2.99. The van der Waals surface area contributed by atoms with Crippen molar-refractivity contribution in [3.8, 4) is 5.82 Å². The monoisotopic (exact) mass is 447 g/mol. The lowest BCUT2D eigenvalue weighted by Gasteiger charge is -2.10. The van der Waals surface area contributed by atoms with Gasteiger partial charge in [-0.3, -0.25) is 9.55 Å². The number of phosphoric acid groups is 1. The minimum absolute atomic E-state index is 0.698. The van der Waals surface area contributed by atoms with E-state index in [1.54, 1.807) is 18.6 Å². The van der Waals surface area contributed by atoms with E-state index >= 15 is 0 Å². The number of rotatable bonds is 3. The molecular formula is C19H19ClN5O4P. The Morgan fingerprint density at radius 2 is 1.80 bits per heavy atom. The van der Waals surface area contributed by atoms with E-state index in [-0.39, 0.29) is 0 Å². The van der Waals surface area contributed by atoms with Crippen molar-refractivity contribution in [3.63, 3.8) is 0 Å². The second-order valence-electron chi connectivity index (χ2n) is 6.40. The summed E-state index contributed by atoms with van der Waals surface area (Å²) in [6.07, 6.45) is 7.38. The van der Waals surface area contributed by atoms with Crippen molar-refractivity contribution < 1.29 is 19.2 Å². The van der Waals surface area contributed by atoms with E-state index in [0.29, 0.717) is 5.02 Å². The Morgan fingerprint density at radius 1 is 1.07 bits per heavy atom. The minimum atomic E-state index is -4.64. The van der Waals surface area contributed by atoms with Gasteiger partial charge < -0.3 is 20.0 Å². The van der Waals surface area contributed by atoms with E-state index in [0.717, 1.165) is 39.5 Å². The van der Waals surface area contributed by atoms with Crippen molar-refractivity contribution in [3.05, 3.63) is 71.7 Å². The lowest BCUT2D eigenvalue weighted by atomic mass is 10.1. The minimum Gasteiger partial charge on any atom is -0.352 e. The van der Waals surface area contributed by atoms with Gasteiger partial charge in [-0.05, 0) is 38.1 Å². The molecule has 0 atom stereocenters. The molecule has 0 unspecified atom stereocenters. The van der Waals surface area contributed by atoms with E-state index in [9.17, 15) is 0 Å². The summed E-state index contributed by atoms with van der Waals surface area (Å²) in [6, 6.07) is 9.72. The Hall–Kier alpha value is -2.81. The molecule has 0 spiro atoms. The van der Waals surface area contributed by atoms with Gasteiger partial charge in [-0.2, -0.15) is 0 Å². The molecule has 4 rings (SSSR count). The van der Waals surface area contributed by atoms with E-state index in [2.05, 4.69) is 20.3 Å². The maximum atomic E-state index is 8.88. The first-order valence-electron chi connectivity index (χ1n) is 8.68. The first-order chi connectivity index (χ1) is 14.1. The zero-order valence-electron chi connectivity index (χ0n) is 16.1. The van der Waals surface area contributed by atoms with Crippen LogP contribution in [0, 0.1) is 13.8 Å². The second kappa shape index (κ2) is 8.91. The lowest BCUT2D eigenvalue weighted by molar-refractivity contribution is 0.275. The number of imidazole rings is 1. The number of halogens is 1. The van der Waals surface area contributed by atoms with E-state index in [4.69, 9.17) is 30.8 Å². The number of hydrogen-bond donors (Lipinski definition) is 4. The largest absolute Gasteiger partial charge is 0.466 e. The Balaban J connectivity index is 0.000000461. The zero-order chi connectivity index (χ0) is 21.9. The number of nitrogens with zero attached hydrogens (tertiary/aromatic N) is 4. The third kappa shape index (κ3) is 5.85. The van der Waals surface area contributed by atoms with Gasteiger partial charge in [-0.25, -0.2) is 14.5 Å². The van der Waals surface area contributed by atoms with Gasteiger partial charge in [0.2, 0.25) is 0 Å². The Morgan fingerprint density at radius 3 is 2.40 bits per heavy atom. The van der Waals surface area contributed by atoms with Crippen LogP contribution in [0.5, 0.6) is 0 Å². The zero-order valence-corrected chi connectivity index (χ0v) is 17.7. The molecule has 0 fully saturated rings. The van der Waals surface area contributed by atoms with Crippen LogP contribution in [0.1, 0.15) is 11.5 Å². The quantitative estimate of drug-likeness (QED) is 0.347. The van der Waals surface area contributed by atoms with Crippen LogP contribution in [0.4, 0.5) is 11.4 Å². The second-order valence-corrected chi connectivity index (χ2v) is 7.86. The van der Waals surface area contributed by atoms with Crippen LogP contribution in [-0.2, 0) is 4.57 Å². The molecule has 0 bridgehead atoms. The van der Waals surface area contributed by atoms with Crippen LogP contribution < -0.4 is 5.32 Å². The molecular weight excluding hydrogens is 429 g/mol. The molecule has 30 heavy (non-hydrogen) atoms. The number of aromatic nitrogens is 4. The van der Waals surface area contributed by atoms with E-state index in [1.807, 2.05) is 54.9 Å². The summed E-state index contributed by atoms with van der Waals surface area (Å²) >= 11 is 6.06. The van der Waals surface area contributed by atoms with E-state index < -0.39 is 7.82 Å². The van der Waals surface area contributed by atoms with Gasteiger partial charge in [0.05, 0.1) is 29.5 Å². The highest BCUT2D eigenvalue weighted by Crippen LogP contribution is 2.27. The number of aryl methyl sites for hydroxylation is 2. The molecule has 0 saturated carbocycles. The van der Waals surface area contributed by atoms with Gasteiger partial charge in [0.15, 0.2) is 0 Å². The lowest BCUT2D eigenvalue weighted by Crippen LogP contribution is -1.99. The topological polar surface area (TPSA) is 133 Å². The smallest absolute Gasteiger partial charge is 0.352 e.